The van der Waals surface area contributed by atoms with Crippen LogP contribution in [0.4, 0.5) is 0 Å². The highest BCUT2D eigenvalue weighted by Gasteiger charge is 2.26. The molecule has 2 unspecified atom stereocenters. The number of aliphatic hydroxyl groups is 1. The molecule has 0 spiro atoms. The van der Waals surface area contributed by atoms with E-state index < -0.39 is 0 Å². The highest BCUT2D eigenvalue weighted by Crippen LogP contribution is 2.25. The standard InChI is InChI=1S/C15H21NO3/c1-19-15(18)13-7-3-2-5-11(13)9-16-14-8-4-6-12(14)10-17/h2-3,5,7,12,14,16-17H,4,6,8-10H2,1H3. The minimum atomic E-state index is -0.303. The molecule has 0 aromatic heterocycles. The SMILES string of the molecule is COC(=O)c1ccccc1CNC1CCCC1CO. The molecular formula is C15H21NO3. The molecule has 0 amide bonds. The minimum Gasteiger partial charge on any atom is -0.465 e. The predicted octanol–water partition coefficient (Wildman–Crippen LogP) is 1.72. The van der Waals surface area contributed by atoms with Crippen molar-refractivity contribution in [3.63, 3.8) is 0 Å². The third-order valence-corrected chi connectivity index (χ3v) is 3.87. The third-order valence-electron chi connectivity index (χ3n) is 3.87. The second kappa shape index (κ2) is 6.68. The molecule has 104 valence electrons. The van der Waals surface area contributed by atoms with Crippen LogP contribution >= 0.6 is 0 Å². The van der Waals surface area contributed by atoms with E-state index in [2.05, 4.69) is 5.32 Å². The average molecular weight is 263 g/mol. The Morgan fingerprint density at radius 2 is 2.21 bits per heavy atom. The maximum atomic E-state index is 11.7. The number of hydrogen-bond donors (Lipinski definition) is 2. The maximum absolute atomic E-state index is 11.7. The van der Waals surface area contributed by atoms with Gasteiger partial charge in [0.25, 0.3) is 0 Å². The lowest BCUT2D eigenvalue weighted by Crippen LogP contribution is -2.34. The lowest BCUT2D eigenvalue weighted by atomic mass is 10.0. The second-order valence-corrected chi connectivity index (χ2v) is 5.01. The molecule has 4 nitrogen and oxygen atoms in total. The summed E-state index contributed by atoms with van der Waals surface area (Å²) in [5.74, 6) is 0.0350. The van der Waals surface area contributed by atoms with Gasteiger partial charge in [-0.15, -0.1) is 0 Å². The van der Waals surface area contributed by atoms with Crippen molar-refractivity contribution < 1.29 is 14.6 Å². The van der Waals surface area contributed by atoms with Crippen LogP contribution in [0.2, 0.25) is 0 Å². The van der Waals surface area contributed by atoms with Crippen LogP contribution in [-0.2, 0) is 11.3 Å². The van der Waals surface area contributed by atoms with Gasteiger partial charge in [0.1, 0.15) is 0 Å². The number of methoxy groups -OCH3 is 1. The van der Waals surface area contributed by atoms with E-state index in [1.165, 1.54) is 7.11 Å². The molecule has 0 bridgehead atoms. The van der Waals surface area contributed by atoms with Crippen molar-refractivity contribution in [2.75, 3.05) is 13.7 Å². The van der Waals surface area contributed by atoms with Crippen LogP contribution in [0, 0.1) is 5.92 Å². The van der Waals surface area contributed by atoms with Gasteiger partial charge in [0.05, 0.1) is 12.7 Å². The van der Waals surface area contributed by atoms with Crippen LogP contribution in [0.1, 0.15) is 35.2 Å². The van der Waals surface area contributed by atoms with Gasteiger partial charge in [-0.1, -0.05) is 24.6 Å². The molecule has 1 fully saturated rings. The molecule has 0 saturated heterocycles. The Balaban J connectivity index is 2.01. The fourth-order valence-electron chi connectivity index (χ4n) is 2.75. The van der Waals surface area contributed by atoms with E-state index in [4.69, 9.17) is 4.74 Å². The molecule has 0 radical (unpaired) electrons. The van der Waals surface area contributed by atoms with Gasteiger partial charge < -0.3 is 15.2 Å². The number of nitrogens with one attached hydrogen (secondary N) is 1. The van der Waals surface area contributed by atoms with Crippen molar-refractivity contribution in [3.8, 4) is 0 Å². The Morgan fingerprint density at radius 3 is 2.95 bits per heavy atom. The number of ether oxygens (including phenoxy) is 1. The zero-order valence-corrected chi connectivity index (χ0v) is 11.3. The van der Waals surface area contributed by atoms with Crippen LogP contribution in [0.5, 0.6) is 0 Å². The van der Waals surface area contributed by atoms with Gasteiger partial charge in [0.15, 0.2) is 0 Å². The van der Waals surface area contributed by atoms with Crippen molar-refractivity contribution in [1.29, 1.82) is 0 Å². The van der Waals surface area contributed by atoms with E-state index in [9.17, 15) is 9.90 Å². The third kappa shape index (κ3) is 3.33. The molecule has 1 aromatic carbocycles. The van der Waals surface area contributed by atoms with Gasteiger partial charge >= 0.3 is 5.97 Å². The van der Waals surface area contributed by atoms with Crippen molar-refractivity contribution in [2.24, 2.45) is 5.92 Å². The molecule has 2 atom stereocenters. The number of esters is 1. The van der Waals surface area contributed by atoms with Gasteiger partial charge in [-0.25, -0.2) is 4.79 Å². The summed E-state index contributed by atoms with van der Waals surface area (Å²) in [6, 6.07) is 7.81. The molecule has 1 aliphatic carbocycles. The van der Waals surface area contributed by atoms with Gasteiger partial charge in [-0.3, -0.25) is 0 Å². The van der Waals surface area contributed by atoms with Crippen LogP contribution in [0.25, 0.3) is 0 Å². The molecule has 2 N–H and O–H groups in total. The smallest absolute Gasteiger partial charge is 0.338 e. The Morgan fingerprint density at radius 1 is 1.42 bits per heavy atom. The number of benzene rings is 1. The molecule has 19 heavy (non-hydrogen) atoms. The topological polar surface area (TPSA) is 58.6 Å². The molecule has 4 heteroatoms. The first-order valence-electron chi connectivity index (χ1n) is 6.76. The monoisotopic (exact) mass is 263 g/mol. The van der Waals surface area contributed by atoms with E-state index in [1.54, 1.807) is 6.07 Å². The second-order valence-electron chi connectivity index (χ2n) is 5.01. The number of carbonyl (C=O) groups is 1. The first-order valence-corrected chi connectivity index (χ1v) is 6.76. The van der Waals surface area contributed by atoms with Crippen molar-refractivity contribution in [3.05, 3.63) is 35.4 Å². The summed E-state index contributed by atoms with van der Waals surface area (Å²) in [5.41, 5.74) is 1.55. The predicted molar refractivity (Wildman–Crippen MR) is 72.8 cm³/mol. The van der Waals surface area contributed by atoms with Crippen molar-refractivity contribution >= 4 is 5.97 Å². The Labute approximate surface area is 113 Å². The Hall–Kier alpha value is -1.39. The summed E-state index contributed by atoms with van der Waals surface area (Å²) >= 11 is 0. The number of rotatable bonds is 5. The molecule has 0 aliphatic heterocycles. The summed E-state index contributed by atoms with van der Waals surface area (Å²) in [6.07, 6.45) is 3.32. The summed E-state index contributed by atoms with van der Waals surface area (Å²) in [6.45, 7) is 0.864. The summed E-state index contributed by atoms with van der Waals surface area (Å²) in [7, 11) is 1.39. The van der Waals surface area contributed by atoms with E-state index in [0.29, 0.717) is 24.1 Å². The van der Waals surface area contributed by atoms with Crippen LogP contribution in [-0.4, -0.2) is 30.8 Å². The molecule has 0 heterocycles. The quantitative estimate of drug-likeness (QED) is 0.794. The van der Waals surface area contributed by atoms with E-state index in [1.807, 2.05) is 18.2 Å². The van der Waals surface area contributed by atoms with Crippen LogP contribution in [0.15, 0.2) is 24.3 Å². The first-order chi connectivity index (χ1) is 9.26. The first kappa shape index (κ1) is 14.0. The van der Waals surface area contributed by atoms with Crippen molar-refractivity contribution in [1.82, 2.24) is 5.32 Å². The molecular weight excluding hydrogens is 242 g/mol. The summed E-state index contributed by atoms with van der Waals surface area (Å²) in [5, 5.41) is 12.8. The molecule has 1 aromatic rings. The Kier molecular flexibility index (Phi) is 4.93. The van der Waals surface area contributed by atoms with Gasteiger partial charge in [0, 0.05) is 19.2 Å². The molecule has 1 saturated carbocycles. The fourth-order valence-corrected chi connectivity index (χ4v) is 2.75. The normalized spacial score (nSPS) is 22.4. The van der Waals surface area contributed by atoms with E-state index in [0.717, 1.165) is 24.8 Å². The number of hydrogen-bond acceptors (Lipinski definition) is 4. The largest absolute Gasteiger partial charge is 0.465 e. The fraction of sp³-hybridized carbons (Fsp3) is 0.533. The Bertz CT molecular complexity index is 433. The highest BCUT2D eigenvalue weighted by molar-refractivity contribution is 5.90. The maximum Gasteiger partial charge on any atom is 0.338 e. The zero-order chi connectivity index (χ0) is 13.7. The van der Waals surface area contributed by atoms with Gasteiger partial charge in [0.2, 0.25) is 0 Å². The summed E-state index contributed by atoms with van der Waals surface area (Å²) in [4.78, 5) is 11.7. The highest BCUT2D eigenvalue weighted by atomic mass is 16.5. The summed E-state index contributed by atoms with van der Waals surface area (Å²) < 4.78 is 4.78. The lowest BCUT2D eigenvalue weighted by Gasteiger charge is -2.19. The number of aliphatic hydroxyl groups excluding tert-OH is 1. The van der Waals surface area contributed by atoms with Gasteiger partial charge in [-0.2, -0.15) is 0 Å². The minimum absolute atomic E-state index is 0.232. The van der Waals surface area contributed by atoms with E-state index >= 15 is 0 Å². The zero-order valence-electron chi connectivity index (χ0n) is 11.3. The van der Waals surface area contributed by atoms with Crippen molar-refractivity contribution in [2.45, 2.75) is 31.8 Å². The van der Waals surface area contributed by atoms with Crippen LogP contribution < -0.4 is 5.32 Å². The average Bonchev–Trinajstić information content (AvgIpc) is 2.92. The number of carbonyl (C=O) groups excluding carboxylic acids is 1. The lowest BCUT2D eigenvalue weighted by molar-refractivity contribution is 0.0599. The van der Waals surface area contributed by atoms with Gasteiger partial charge in [-0.05, 0) is 30.4 Å². The molecule has 2 rings (SSSR count). The molecule has 1 aliphatic rings. The van der Waals surface area contributed by atoms with Crippen LogP contribution in [0.3, 0.4) is 0 Å². The van der Waals surface area contributed by atoms with E-state index in [-0.39, 0.29) is 12.6 Å².